The number of likely N-dealkylation sites (tertiary alicyclic amines) is 1. The van der Waals surface area contributed by atoms with Gasteiger partial charge in [0, 0.05) is 10.9 Å². The van der Waals surface area contributed by atoms with Gasteiger partial charge in [-0.3, -0.25) is 14.4 Å². The first-order valence-electron chi connectivity index (χ1n) is 17.3. The summed E-state index contributed by atoms with van der Waals surface area (Å²) in [4.78, 5) is 48.7. The van der Waals surface area contributed by atoms with Crippen molar-refractivity contribution in [2.24, 2.45) is 11.7 Å². The second-order valence-electron chi connectivity index (χ2n) is 14.9. The van der Waals surface area contributed by atoms with E-state index in [9.17, 15) is 23.2 Å². The van der Waals surface area contributed by atoms with Gasteiger partial charge < -0.3 is 25.0 Å². The molecule has 4 heterocycles. The quantitative estimate of drug-likeness (QED) is 0.211. The maximum absolute atomic E-state index is 14.2. The predicted molar refractivity (Wildman–Crippen MR) is 188 cm³/mol. The molecule has 51 heavy (non-hydrogen) atoms. The number of halogens is 2. The van der Waals surface area contributed by atoms with Crippen LogP contribution in [0.2, 0.25) is 0 Å². The Labute approximate surface area is 295 Å². The molecule has 2 N–H and O–H groups in total. The number of anilines is 1. The van der Waals surface area contributed by atoms with Gasteiger partial charge >= 0.3 is 5.97 Å². The van der Waals surface area contributed by atoms with Crippen molar-refractivity contribution in [2.75, 3.05) is 25.0 Å². The first-order valence-corrected chi connectivity index (χ1v) is 17.3. The summed E-state index contributed by atoms with van der Waals surface area (Å²) in [6.07, 6.45) is 2.35. The van der Waals surface area contributed by atoms with Crippen molar-refractivity contribution in [3.8, 4) is 16.9 Å². The Bertz CT molecular complexity index is 2000. The first-order chi connectivity index (χ1) is 24.1. The minimum Gasteiger partial charge on any atom is -0.478 e. The zero-order chi connectivity index (χ0) is 36.8. The van der Waals surface area contributed by atoms with E-state index < -0.39 is 41.1 Å². The molecule has 0 aliphatic carbocycles. The third-order valence-corrected chi connectivity index (χ3v) is 9.15. The van der Waals surface area contributed by atoms with E-state index in [1.807, 2.05) is 18.5 Å². The van der Waals surface area contributed by atoms with Crippen molar-refractivity contribution >= 4 is 34.5 Å². The highest BCUT2D eigenvalue weighted by molar-refractivity contribution is 6.09. The van der Waals surface area contributed by atoms with E-state index in [1.165, 1.54) is 11.0 Å². The van der Waals surface area contributed by atoms with E-state index in [0.29, 0.717) is 45.5 Å². The zero-order valence-electron chi connectivity index (χ0n) is 29.8. The normalized spacial score (nSPS) is 17.2. The number of ether oxygens (including phenoxy) is 2. The van der Waals surface area contributed by atoms with Gasteiger partial charge in [-0.25, -0.2) is 18.4 Å². The number of pyridine rings is 1. The van der Waals surface area contributed by atoms with Crippen LogP contribution >= 0.6 is 0 Å². The van der Waals surface area contributed by atoms with Crippen LogP contribution in [0.4, 0.5) is 14.5 Å². The molecule has 13 heteroatoms. The monoisotopic (exact) mass is 702 g/mol. The lowest BCUT2D eigenvalue weighted by Crippen LogP contribution is -2.47. The van der Waals surface area contributed by atoms with Crippen molar-refractivity contribution < 1.29 is 32.6 Å². The molecule has 2 aromatic heterocycles. The van der Waals surface area contributed by atoms with E-state index in [4.69, 9.17) is 25.3 Å². The first kappa shape index (κ1) is 35.9. The average Bonchev–Trinajstić information content (AvgIpc) is 3.46. The maximum Gasteiger partial charge on any atom is 0.310 e. The summed E-state index contributed by atoms with van der Waals surface area (Å²) in [7, 11) is 2.09. The van der Waals surface area contributed by atoms with Gasteiger partial charge in [-0.15, -0.1) is 0 Å². The molecule has 2 aliphatic rings. The topological polar surface area (TPSA) is 133 Å². The van der Waals surface area contributed by atoms with E-state index in [0.717, 1.165) is 38.1 Å². The second kappa shape index (κ2) is 14.0. The van der Waals surface area contributed by atoms with Crippen LogP contribution in [-0.4, -0.2) is 69.3 Å². The number of rotatable bonds is 9. The standard InChI is InChI=1S/C38H44F2N6O5/c1-21(2)15-28-34(35(41)48)33(25-19-42-46(36(25)43-28)24-11-13-44(6)14-12-24)23-8-10-29-30(17-23)50-31(18-32(47)51-38(3,4)5)37(49)45(29)20-22-7-9-26(39)27(40)16-22/h7-10,16-17,19,21,24,31H,11-15,18,20H2,1-6H3,(H2,41,48). The van der Waals surface area contributed by atoms with Crippen molar-refractivity contribution in [3.63, 3.8) is 0 Å². The van der Waals surface area contributed by atoms with Crippen molar-refractivity contribution in [1.29, 1.82) is 0 Å². The minimum atomic E-state index is -1.27. The van der Waals surface area contributed by atoms with Crippen LogP contribution in [-0.2, 0) is 27.3 Å². The zero-order valence-corrected chi connectivity index (χ0v) is 29.8. The van der Waals surface area contributed by atoms with Gasteiger partial charge in [-0.05, 0) is 101 Å². The summed E-state index contributed by atoms with van der Waals surface area (Å²) in [5.74, 6) is -3.47. The Morgan fingerprint density at radius 1 is 1.08 bits per heavy atom. The SMILES string of the molecule is CC(C)Cc1nc2c(cnn2C2CCN(C)CC2)c(-c2ccc3c(c2)OC(CC(=O)OC(C)(C)C)C(=O)N3Cc2ccc(F)c(F)c2)c1C(N)=O. The minimum absolute atomic E-state index is 0.121. The number of nitrogens with two attached hydrogens (primary N) is 1. The van der Waals surface area contributed by atoms with Crippen LogP contribution in [0.1, 0.15) is 81.5 Å². The number of nitrogens with zero attached hydrogens (tertiary/aromatic N) is 5. The fraction of sp³-hybridized carbons (Fsp3) is 0.447. The number of esters is 1. The van der Waals surface area contributed by atoms with Gasteiger partial charge in [-0.2, -0.15) is 5.10 Å². The molecule has 0 spiro atoms. The number of carbonyl (C=O) groups excluding carboxylic acids is 3. The van der Waals surface area contributed by atoms with Gasteiger partial charge in [0.25, 0.3) is 11.8 Å². The Kier molecular flexibility index (Phi) is 9.86. The molecule has 1 atom stereocenters. The molecule has 2 aliphatic heterocycles. The Balaban J connectivity index is 1.49. The molecule has 0 radical (unpaired) electrons. The van der Waals surface area contributed by atoms with Crippen LogP contribution in [0, 0.1) is 17.6 Å². The molecule has 0 saturated carbocycles. The van der Waals surface area contributed by atoms with E-state index >= 15 is 0 Å². The molecule has 2 aromatic carbocycles. The maximum atomic E-state index is 14.2. The summed E-state index contributed by atoms with van der Waals surface area (Å²) in [6.45, 7) is 11.0. The highest BCUT2D eigenvalue weighted by Crippen LogP contribution is 2.42. The number of benzene rings is 2. The number of fused-ring (bicyclic) bond motifs is 2. The number of carbonyl (C=O) groups is 3. The van der Waals surface area contributed by atoms with E-state index in [1.54, 1.807) is 45.2 Å². The van der Waals surface area contributed by atoms with Crippen LogP contribution in [0.25, 0.3) is 22.2 Å². The van der Waals surface area contributed by atoms with Gasteiger partial charge in [0.1, 0.15) is 11.4 Å². The van der Waals surface area contributed by atoms with E-state index in [2.05, 4.69) is 11.9 Å². The molecule has 0 bridgehead atoms. The van der Waals surface area contributed by atoms with Crippen LogP contribution < -0.4 is 15.4 Å². The van der Waals surface area contributed by atoms with Crippen LogP contribution in [0.15, 0.2) is 42.6 Å². The fourth-order valence-corrected chi connectivity index (χ4v) is 6.84. The number of hydrogen-bond acceptors (Lipinski definition) is 8. The number of aromatic nitrogens is 3. The summed E-state index contributed by atoms with van der Waals surface area (Å²) in [5.41, 5.74) is 8.58. The highest BCUT2D eigenvalue weighted by Gasteiger charge is 2.38. The van der Waals surface area contributed by atoms with Gasteiger partial charge in [0.15, 0.2) is 23.4 Å². The van der Waals surface area contributed by atoms with Gasteiger partial charge in [0.05, 0.1) is 42.1 Å². The summed E-state index contributed by atoms with van der Waals surface area (Å²) >= 11 is 0. The van der Waals surface area contributed by atoms with Gasteiger partial charge in [0.2, 0.25) is 0 Å². The Morgan fingerprint density at radius 2 is 1.80 bits per heavy atom. The predicted octanol–water partition coefficient (Wildman–Crippen LogP) is 5.97. The lowest BCUT2D eigenvalue weighted by atomic mass is 9.92. The Hall–Kier alpha value is -4.91. The van der Waals surface area contributed by atoms with Crippen LogP contribution in [0.3, 0.4) is 0 Å². The molecule has 6 rings (SSSR count). The molecule has 1 fully saturated rings. The number of primary amides is 1. The smallest absolute Gasteiger partial charge is 0.310 e. The number of piperidine rings is 1. The molecule has 1 unspecified atom stereocenters. The lowest BCUT2D eigenvalue weighted by molar-refractivity contribution is -0.158. The molecule has 11 nitrogen and oxygen atoms in total. The average molecular weight is 703 g/mol. The largest absolute Gasteiger partial charge is 0.478 e. The Morgan fingerprint density at radius 3 is 2.45 bits per heavy atom. The number of amides is 2. The number of hydrogen-bond donors (Lipinski definition) is 1. The van der Waals surface area contributed by atoms with E-state index in [-0.39, 0.29) is 36.2 Å². The third-order valence-electron chi connectivity index (χ3n) is 9.15. The van der Waals surface area contributed by atoms with Crippen LogP contribution in [0.5, 0.6) is 5.75 Å². The van der Waals surface area contributed by atoms with Crippen molar-refractivity contribution in [1.82, 2.24) is 19.7 Å². The molecule has 1 saturated heterocycles. The summed E-state index contributed by atoms with van der Waals surface area (Å²) in [5, 5.41) is 5.43. The van der Waals surface area contributed by atoms with Crippen molar-refractivity contribution in [3.05, 3.63) is 71.1 Å². The molecule has 4 aromatic rings. The molecule has 270 valence electrons. The second-order valence-corrected chi connectivity index (χ2v) is 14.9. The fourth-order valence-electron chi connectivity index (χ4n) is 6.84. The highest BCUT2D eigenvalue weighted by atomic mass is 19.2. The lowest BCUT2D eigenvalue weighted by Gasteiger charge is -2.35. The molecular formula is C38H44F2N6O5. The summed E-state index contributed by atoms with van der Waals surface area (Å²) in [6, 6.07) is 8.68. The van der Waals surface area contributed by atoms with Crippen molar-refractivity contribution in [2.45, 2.75) is 84.6 Å². The molecule has 2 amide bonds. The summed E-state index contributed by atoms with van der Waals surface area (Å²) < 4.78 is 41.7. The third kappa shape index (κ3) is 7.58. The molecular weight excluding hydrogens is 658 g/mol. The van der Waals surface area contributed by atoms with Gasteiger partial charge in [-0.1, -0.05) is 26.0 Å².